The first-order valence-corrected chi connectivity index (χ1v) is 8.02. The first-order valence-electron chi connectivity index (χ1n) is 8.02. The molecule has 0 radical (unpaired) electrons. The third-order valence-corrected chi connectivity index (χ3v) is 6.02. The summed E-state index contributed by atoms with van der Waals surface area (Å²) < 4.78 is 0. The number of carboxylic acids is 1. The quantitative estimate of drug-likeness (QED) is 0.834. The fourth-order valence-corrected chi connectivity index (χ4v) is 4.60. The van der Waals surface area contributed by atoms with E-state index in [0.717, 1.165) is 25.7 Å². The van der Waals surface area contributed by atoms with E-state index in [9.17, 15) is 14.7 Å². The van der Waals surface area contributed by atoms with Gasteiger partial charge in [0, 0.05) is 5.92 Å². The van der Waals surface area contributed by atoms with Gasteiger partial charge in [-0.25, -0.2) is 0 Å². The van der Waals surface area contributed by atoms with Gasteiger partial charge in [-0.05, 0) is 44.4 Å². The van der Waals surface area contributed by atoms with Crippen LogP contribution in [-0.4, -0.2) is 22.5 Å². The molecule has 0 bridgehead atoms. The molecule has 3 unspecified atom stereocenters. The monoisotopic (exact) mass is 279 g/mol. The molecule has 3 saturated carbocycles. The maximum absolute atomic E-state index is 12.5. The van der Waals surface area contributed by atoms with Gasteiger partial charge in [0.25, 0.3) is 0 Å². The van der Waals surface area contributed by atoms with Crippen molar-refractivity contribution in [2.24, 2.45) is 17.3 Å². The van der Waals surface area contributed by atoms with Crippen molar-refractivity contribution in [1.29, 1.82) is 0 Å². The predicted molar refractivity (Wildman–Crippen MR) is 75.1 cm³/mol. The average Bonchev–Trinajstić information content (AvgIpc) is 2.87. The van der Waals surface area contributed by atoms with E-state index in [0.29, 0.717) is 6.42 Å². The van der Waals surface area contributed by atoms with Crippen molar-refractivity contribution in [1.82, 2.24) is 5.32 Å². The summed E-state index contributed by atoms with van der Waals surface area (Å²) in [7, 11) is 0. The minimum Gasteiger partial charge on any atom is -0.481 e. The first kappa shape index (κ1) is 13.9. The smallest absolute Gasteiger partial charge is 0.308 e. The lowest BCUT2D eigenvalue weighted by Crippen LogP contribution is -2.56. The first-order chi connectivity index (χ1) is 9.47. The Balaban J connectivity index is 1.66. The van der Waals surface area contributed by atoms with Gasteiger partial charge in [-0.2, -0.15) is 0 Å². The predicted octanol–water partition coefficient (Wildman–Crippen LogP) is 2.72. The highest BCUT2D eigenvalue weighted by molar-refractivity contribution is 5.84. The number of amides is 1. The lowest BCUT2D eigenvalue weighted by atomic mass is 9.73. The van der Waals surface area contributed by atoms with Crippen molar-refractivity contribution in [3.8, 4) is 0 Å². The van der Waals surface area contributed by atoms with Crippen molar-refractivity contribution in [2.75, 3.05) is 0 Å². The molecular weight excluding hydrogens is 254 g/mol. The van der Waals surface area contributed by atoms with E-state index in [1.807, 2.05) is 6.92 Å². The van der Waals surface area contributed by atoms with Gasteiger partial charge in [0.1, 0.15) is 0 Å². The van der Waals surface area contributed by atoms with Crippen molar-refractivity contribution in [2.45, 2.75) is 70.3 Å². The van der Waals surface area contributed by atoms with E-state index in [-0.39, 0.29) is 17.2 Å². The highest BCUT2D eigenvalue weighted by Gasteiger charge is 2.59. The molecule has 0 aromatic carbocycles. The molecule has 4 nitrogen and oxygen atoms in total. The molecule has 0 aliphatic heterocycles. The molecule has 3 atom stereocenters. The third kappa shape index (κ3) is 2.23. The Bertz CT molecular complexity index is 427. The van der Waals surface area contributed by atoms with Gasteiger partial charge in [-0.1, -0.05) is 25.7 Å². The van der Waals surface area contributed by atoms with Crippen LogP contribution in [0.4, 0.5) is 0 Å². The molecule has 0 saturated heterocycles. The minimum absolute atomic E-state index is 0.113. The molecule has 112 valence electrons. The standard InChI is InChI=1S/C16H25NO3/c1-15(7-3-2-6-11(15)14(19)20)17-13(18)12-10-16(12)8-4-5-9-16/h11-12H,2-10H2,1H3,(H,17,18)(H,19,20). The lowest BCUT2D eigenvalue weighted by molar-refractivity contribution is -0.146. The Morgan fingerprint density at radius 2 is 1.70 bits per heavy atom. The summed E-state index contributed by atoms with van der Waals surface area (Å²) in [6, 6.07) is 0. The molecule has 0 aromatic heterocycles. The maximum atomic E-state index is 12.5. The minimum atomic E-state index is -0.765. The number of rotatable bonds is 3. The lowest BCUT2D eigenvalue weighted by Gasteiger charge is -2.40. The summed E-state index contributed by atoms with van der Waals surface area (Å²) in [4.78, 5) is 23.9. The van der Waals surface area contributed by atoms with E-state index in [1.165, 1.54) is 25.7 Å². The third-order valence-electron chi connectivity index (χ3n) is 6.02. The zero-order valence-corrected chi connectivity index (χ0v) is 12.3. The molecule has 1 amide bonds. The molecule has 3 aliphatic rings. The molecule has 1 spiro atoms. The second-order valence-electron chi connectivity index (χ2n) is 7.37. The van der Waals surface area contributed by atoms with Gasteiger partial charge in [-0.3, -0.25) is 9.59 Å². The topological polar surface area (TPSA) is 66.4 Å². The van der Waals surface area contributed by atoms with Crippen LogP contribution in [0.15, 0.2) is 0 Å². The molecule has 2 N–H and O–H groups in total. The summed E-state index contributed by atoms with van der Waals surface area (Å²) in [6.07, 6.45) is 9.32. The average molecular weight is 279 g/mol. The molecule has 20 heavy (non-hydrogen) atoms. The highest BCUT2D eigenvalue weighted by atomic mass is 16.4. The van der Waals surface area contributed by atoms with E-state index in [1.54, 1.807) is 0 Å². The zero-order valence-electron chi connectivity index (χ0n) is 12.3. The maximum Gasteiger partial charge on any atom is 0.308 e. The van der Waals surface area contributed by atoms with Crippen LogP contribution in [0.1, 0.15) is 64.7 Å². The molecule has 3 fully saturated rings. The van der Waals surface area contributed by atoms with Crippen molar-refractivity contribution < 1.29 is 14.7 Å². The SMILES string of the molecule is CC1(NC(=O)C2CC23CCCC3)CCCCC1C(=O)O. The van der Waals surface area contributed by atoms with Crippen LogP contribution in [-0.2, 0) is 9.59 Å². The van der Waals surface area contributed by atoms with Crippen LogP contribution < -0.4 is 5.32 Å². The normalized spacial score (nSPS) is 38.6. The molecule has 3 rings (SSSR count). The van der Waals surface area contributed by atoms with Crippen molar-refractivity contribution in [3.05, 3.63) is 0 Å². The van der Waals surface area contributed by atoms with Crippen LogP contribution in [0.3, 0.4) is 0 Å². The van der Waals surface area contributed by atoms with Crippen LogP contribution >= 0.6 is 0 Å². The number of carboxylic acid groups (broad SMARTS) is 1. The largest absolute Gasteiger partial charge is 0.481 e. The summed E-state index contributed by atoms with van der Waals surface area (Å²) in [6.45, 7) is 1.92. The Hall–Kier alpha value is -1.06. The summed E-state index contributed by atoms with van der Waals surface area (Å²) in [5, 5.41) is 12.5. The summed E-state index contributed by atoms with van der Waals surface area (Å²) in [5.41, 5.74) is -0.266. The van der Waals surface area contributed by atoms with Crippen molar-refractivity contribution in [3.63, 3.8) is 0 Å². The molecule has 0 aromatic rings. The van der Waals surface area contributed by atoms with Crippen LogP contribution in [0.5, 0.6) is 0 Å². The Morgan fingerprint density at radius 1 is 1.05 bits per heavy atom. The number of nitrogens with one attached hydrogen (secondary N) is 1. The van der Waals surface area contributed by atoms with E-state index < -0.39 is 17.4 Å². The van der Waals surface area contributed by atoms with Crippen molar-refractivity contribution >= 4 is 11.9 Å². The second kappa shape index (κ2) is 4.74. The number of carbonyl (C=O) groups excluding carboxylic acids is 1. The molecule has 3 aliphatic carbocycles. The highest BCUT2D eigenvalue weighted by Crippen LogP contribution is 2.63. The van der Waals surface area contributed by atoms with E-state index in [2.05, 4.69) is 5.32 Å². The fraction of sp³-hybridized carbons (Fsp3) is 0.875. The number of carbonyl (C=O) groups is 2. The van der Waals surface area contributed by atoms with Gasteiger partial charge in [0.05, 0.1) is 11.5 Å². The van der Waals surface area contributed by atoms with E-state index in [4.69, 9.17) is 0 Å². The van der Waals surface area contributed by atoms with Gasteiger partial charge >= 0.3 is 5.97 Å². The zero-order chi connectivity index (χ0) is 14.4. The summed E-state index contributed by atoms with van der Waals surface area (Å²) in [5.74, 6) is -0.932. The van der Waals surface area contributed by atoms with Gasteiger partial charge in [0.15, 0.2) is 0 Å². The van der Waals surface area contributed by atoms with Crippen LogP contribution in [0, 0.1) is 17.3 Å². The number of aliphatic carboxylic acids is 1. The molecular formula is C16H25NO3. The van der Waals surface area contributed by atoms with Gasteiger partial charge < -0.3 is 10.4 Å². The van der Waals surface area contributed by atoms with Crippen LogP contribution in [0.25, 0.3) is 0 Å². The Labute approximate surface area is 120 Å². The Kier molecular flexibility index (Phi) is 3.30. The van der Waals surface area contributed by atoms with Gasteiger partial charge in [0.2, 0.25) is 5.91 Å². The van der Waals surface area contributed by atoms with E-state index >= 15 is 0 Å². The summed E-state index contributed by atoms with van der Waals surface area (Å²) >= 11 is 0. The second-order valence-corrected chi connectivity index (χ2v) is 7.37. The fourth-order valence-electron chi connectivity index (χ4n) is 4.60. The molecule has 0 heterocycles. The van der Waals surface area contributed by atoms with Crippen LogP contribution in [0.2, 0.25) is 0 Å². The van der Waals surface area contributed by atoms with Gasteiger partial charge in [-0.15, -0.1) is 0 Å². The molecule has 4 heteroatoms. The Morgan fingerprint density at radius 3 is 2.35 bits per heavy atom. The number of hydrogen-bond acceptors (Lipinski definition) is 2. The number of hydrogen-bond donors (Lipinski definition) is 2.